The Labute approximate surface area is 148 Å². The van der Waals surface area contributed by atoms with Crippen molar-refractivity contribution in [2.24, 2.45) is 0 Å². The zero-order chi connectivity index (χ0) is 17.6. The summed E-state index contributed by atoms with van der Waals surface area (Å²) in [4.78, 5) is 11.1. The molecule has 0 radical (unpaired) electrons. The zero-order valence-electron chi connectivity index (χ0n) is 14.6. The maximum atomic E-state index is 8.95. The van der Waals surface area contributed by atoms with Crippen molar-refractivity contribution in [1.29, 1.82) is 5.26 Å². The first kappa shape index (κ1) is 16.7. The van der Waals surface area contributed by atoms with E-state index in [-0.39, 0.29) is 0 Å². The zero-order valence-corrected chi connectivity index (χ0v) is 14.6. The number of nitrogens with zero attached hydrogens (tertiary/aromatic N) is 4. The van der Waals surface area contributed by atoms with Crippen molar-refractivity contribution >= 4 is 5.82 Å². The van der Waals surface area contributed by atoms with Gasteiger partial charge in [-0.1, -0.05) is 17.6 Å². The highest BCUT2D eigenvalue weighted by Gasteiger charge is 2.16. The lowest BCUT2D eigenvalue weighted by Crippen LogP contribution is -2.31. The number of aromatic nitrogens is 2. The summed E-state index contributed by atoms with van der Waals surface area (Å²) in [5.41, 5.74) is 4.82. The van der Waals surface area contributed by atoms with Gasteiger partial charge in [0.25, 0.3) is 0 Å². The number of aryl methyl sites for hydroxylation is 2. The van der Waals surface area contributed by atoms with Gasteiger partial charge in [-0.3, -0.25) is 0 Å². The van der Waals surface area contributed by atoms with Gasteiger partial charge in [0.2, 0.25) is 0 Å². The molecule has 1 fully saturated rings. The molecule has 0 aliphatic carbocycles. The highest BCUT2D eigenvalue weighted by atomic mass is 15.2. The molecule has 124 valence electrons. The second-order valence-electron chi connectivity index (χ2n) is 6.20. The van der Waals surface area contributed by atoms with Crippen LogP contribution in [0.2, 0.25) is 0 Å². The number of anilines is 1. The van der Waals surface area contributed by atoms with Crippen LogP contribution in [0.4, 0.5) is 5.82 Å². The molecule has 4 nitrogen and oxygen atoms in total. The number of piperidine rings is 1. The topological polar surface area (TPSA) is 52.8 Å². The van der Waals surface area contributed by atoms with E-state index in [0.717, 1.165) is 48.7 Å². The van der Waals surface area contributed by atoms with E-state index in [1.54, 1.807) is 6.20 Å². The van der Waals surface area contributed by atoms with Gasteiger partial charge in [0.15, 0.2) is 0 Å². The fraction of sp³-hybridized carbons (Fsp3) is 0.286. The van der Waals surface area contributed by atoms with Crippen molar-refractivity contribution in [3.63, 3.8) is 0 Å². The summed E-state index contributed by atoms with van der Waals surface area (Å²) in [5.74, 6) is 7.22. The number of hydrogen-bond acceptors (Lipinski definition) is 4. The molecule has 1 aliphatic heterocycles. The second-order valence-corrected chi connectivity index (χ2v) is 6.20. The van der Waals surface area contributed by atoms with Crippen LogP contribution in [-0.2, 0) is 0 Å². The molecule has 3 rings (SSSR count). The Morgan fingerprint density at radius 3 is 2.68 bits per heavy atom. The third-order valence-corrected chi connectivity index (χ3v) is 4.25. The number of hydrogen-bond donors (Lipinski definition) is 0. The molecular weight excluding hydrogens is 308 g/mol. The van der Waals surface area contributed by atoms with Crippen molar-refractivity contribution in [3.8, 4) is 17.9 Å². The first-order valence-electron chi connectivity index (χ1n) is 8.40. The summed E-state index contributed by atoms with van der Waals surface area (Å²) in [7, 11) is 0. The van der Waals surface area contributed by atoms with Crippen LogP contribution in [0.25, 0.3) is 0 Å². The van der Waals surface area contributed by atoms with Gasteiger partial charge < -0.3 is 4.90 Å². The molecule has 1 saturated heterocycles. The third kappa shape index (κ3) is 4.25. The van der Waals surface area contributed by atoms with Crippen LogP contribution < -0.4 is 4.90 Å². The van der Waals surface area contributed by atoms with Crippen molar-refractivity contribution < 1.29 is 0 Å². The summed E-state index contributed by atoms with van der Waals surface area (Å²) in [5, 5.41) is 8.95. The van der Waals surface area contributed by atoms with E-state index in [9.17, 15) is 0 Å². The molecule has 2 aromatic rings. The van der Waals surface area contributed by atoms with E-state index < -0.39 is 0 Å². The normalized spacial score (nSPS) is 13.6. The van der Waals surface area contributed by atoms with Gasteiger partial charge in [-0.15, -0.1) is 0 Å². The van der Waals surface area contributed by atoms with Gasteiger partial charge in [0.1, 0.15) is 17.6 Å². The molecule has 1 aliphatic rings. The predicted octanol–water partition coefficient (Wildman–Crippen LogP) is 3.54. The van der Waals surface area contributed by atoms with Gasteiger partial charge in [0, 0.05) is 25.0 Å². The summed E-state index contributed by atoms with van der Waals surface area (Å²) < 4.78 is 0. The molecule has 4 heteroatoms. The SMILES string of the molecule is Cc1cccc(C#CC=C2CCN(c3ncc(C#N)cc3C)CC2)n1. The monoisotopic (exact) mass is 328 g/mol. The smallest absolute Gasteiger partial charge is 0.131 e. The van der Waals surface area contributed by atoms with Crippen LogP contribution in [0, 0.1) is 37.0 Å². The Balaban J connectivity index is 1.63. The Bertz CT molecular complexity index is 899. The predicted molar refractivity (Wildman–Crippen MR) is 99.1 cm³/mol. The van der Waals surface area contributed by atoms with Crippen LogP contribution in [0.5, 0.6) is 0 Å². The maximum Gasteiger partial charge on any atom is 0.131 e. The van der Waals surface area contributed by atoms with Crippen molar-refractivity contribution in [1.82, 2.24) is 9.97 Å². The lowest BCUT2D eigenvalue weighted by Gasteiger charge is -2.30. The molecule has 0 bridgehead atoms. The van der Waals surface area contributed by atoms with E-state index in [1.165, 1.54) is 5.57 Å². The molecule has 3 heterocycles. The molecule has 0 spiro atoms. The number of nitriles is 1. The molecule has 2 aromatic heterocycles. The van der Waals surface area contributed by atoms with Crippen LogP contribution >= 0.6 is 0 Å². The Morgan fingerprint density at radius 1 is 1.20 bits per heavy atom. The van der Waals surface area contributed by atoms with Gasteiger partial charge in [-0.05, 0) is 62.4 Å². The van der Waals surface area contributed by atoms with Gasteiger partial charge in [-0.2, -0.15) is 5.26 Å². The number of pyridine rings is 2. The molecule has 0 saturated carbocycles. The fourth-order valence-corrected chi connectivity index (χ4v) is 2.93. The van der Waals surface area contributed by atoms with Crippen molar-refractivity contribution in [3.05, 3.63) is 64.6 Å². The summed E-state index contributed by atoms with van der Waals surface area (Å²) in [6.45, 7) is 5.83. The molecule has 0 aromatic carbocycles. The van der Waals surface area contributed by atoms with Crippen LogP contribution in [0.3, 0.4) is 0 Å². The Hall–Kier alpha value is -3.11. The molecule has 25 heavy (non-hydrogen) atoms. The second kappa shape index (κ2) is 7.64. The number of rotatable bonds is 1. The number of allylic oxidation sites excluding steroid dienone is 1. The van der Waals surface area contributed by atoms with E-state index in [2.05, 4.69) is 32.8 Å². The lowest BCUT2D eigenvalue weighted by molar-refractivity contribution is 0.675. The van der Waals surface area contributed by atoms with Gasteiger partial charge in [0.05, 0.1) is 5.56 Å². The molecular formula is C21H20N4. The lowest BCUT2D eigenvalue weighted by atomic mass is 10.0. The van der Waals surface area contributed by atoms with E-state index >= 15 is 0 Å². The third-order valence-electron chi connectivity index (χ3n) is 4.25. The molecule has 0 N–H and O–H groups in total. The summed E-state index contributed by atoms with van der Waals surface area (Å²) in [6.07, 6.45) is 5.64. The summed E-state index contributed by atoms with van der Waals surface area (Å²) in [6, 6.07) is 9.91. The quantitative estimate of drug-likeness (QED) is 0.751. The minimum absolute atomic E-state index is 0.610. The van der Waals surface area contributed by atoms with E-state index in [0.29, 0.717) is 5.56 Å². The fourth-order valence-electron chi connectivity index (χ4n) is 2.93. The van der Waals surface area contributed by atoms with Crippen LogP contribution in [0.1, 0.15) is 35.4 Å². The standard InChI is InChI=1S/C21H20N4/c1-16-13-19(14-22)15-23-21(16)25-11-9-18(10-12-25)6-4-8-20-7-3-5-17(2)24-20/h3,5-7,13,15H,9-12H2,1-2H3. The minimum atomic E-state index is 0.610. The van der Waals surface area contributed by atoms with Crippen LogP contribution in [0.15, 0.2) is 42.1 Å². The first-order chi connectivity index (χ1) is 12.2. The van der Waals surface area contributed by atoms with Crippen molar-refractivity contribution in [2.45, 2.75) is 26.7 Å². The van der Waals surface area contributed by atoms with E-state index in [4.69, 9.17) is 5.26 Å². The first-order valence-corrected chi connectivity index (χ1v) is 8.40. The maximum absolute atomic E-state index is 8.95. The largest absolute Gasteiger partial charge is 0.356 e. The van der Waals surface area contributed by atoms with E-state index in [1.807, 2.05) is 44.2 Å². The average molecular weight is 328 g/mol. The van der Waals surface area contributed by atoms with Gasteiger partial charge in [-0.25, -0.2) is 9.97 Å². The van der Waals surface area contributed by atoms with Gasteiger partial charge >= 0.3 is 0 Å². The molecule has 0 unspecified atom stereocenters. The highest BCUT2D eigenvalue weighted by Crippen LogP contribution is 2.24. The van der Waals surface area contributed by atoms with Crippen molar-refractivity contribution in [2.75, 3.05) is 18.0 Å². The highest BCUT2D eigenvalue weighted by molar-refractivity contribution is 5.50. The molecule has 0 atom stereocenters. The average Bonchev–Trinajstić information content (AvgIpc) is 2.62. The molecule has 0 amide bonds. The summed E-state index contributed by atoms with van der Waals surface area (Å²) >= 11 is 0. The van der Waals surface area contributed by atoms with Crippen LogP contribution in [-0.4, -0.2) is 23.1 Å². The Morgan fingerprint density at radius 2 is 2.00 bits per heavy atom. The Kier molecular flexibility index (Phi) is 5.11. The minimum Gasteiger partial charge on any atom is -0.356 e.